The van der Waals surface area contributed by atoms with Gasteiger partial charge >= 0.3 is 0 Å². The van der Waals surface area contributed by atoms with E-state index in [-0.39, 0.29) is 27.6 Å². The van der Waals surface area contributed by atoms with E-state index in [4.69, 9.17) is 16.7 Å². The molecule has 7 nitrogen and oxygen atoms in total. The van der Waals surface area contributed by atoms with Crippen LogP contribution in [-0.2, 0) is 11.0 Å². The number of rotatable bonds is 3. The highest BCUT2D eigenvalue weighted by atomic mass is 35.5. The number of halogens is 1. The number of carbonyl (C=O) groups is 1. The molecule has 0 aliphatic carbocycles. The lowest BCUT2D eigenvalue weighted by molar-refractivity contribution is 0.102. The van der Waals surface area contributed by atoms with Gasteiger partial charge in [-0.25, -0.2) is 14.6 Å². The Labute approximate surface area is 171 Å². The number of aromatic nitrogens is 4. The van der Waals surface area contributed by atoms with Gasteiger partial charge in [0, 0.05) is 24.6 Å². The minimum absolute atomic E-state index is 0.133. The van der Waals surface area contributed by atoms with E-state index in [2.05, 4.69) is 41.0 Å². The topological polar surface area (TPSA) is 75.9 Å². The van der Waals surface area contributed by atoms with E-state index in [0.29, 0.717) is 11.8 Å². The second-order valence-electron chi connectivity index (χ2n) is 9.26. The summed E-state index contributed by atoms with van der Waals surface area (Å²) in [5.41, 5.74) is 0.662. The number of anilines is 2. The molecule has 3 rings (SSSR count). The van der Waals surface area contributed by atoms with Crippen molar-refractivity contribution in [2.75, 3.05) is 23.3 Å². The quantitative estimate of drug-likeness (QED) is 0.828. The van der Waals surface area contributed by atoms with Crippen molar-refractivity contribution in [2.45, 2.75) is 65.3 Å². The van der Waals surface area contributed by atoms with Crippen molar-refractivity contribution in [2.24, 2.45) is 0 Å². The first-order valence-electron chi connectivity index (χ1n) is 9.67. The van der Waals surface area contributed by atoms with Crippen LogP contribution in [0.15, 0.2) is 12.3 Å². The van der Waals surface area contributed by atoms with E-state index >= 15 is 0 Å². The maximum absolute atomic E-state index is 13.0. The molecule has 152 valence electrons. The third-order valence-corrected chi connectivity index (χ3v) is 4.97. The zero-order chi connectivity index (χ0) is 20.7. The molecule has 2 aromatic heterocycles. The van der Waals surface area contributed by atoms with Gasteiger partial charge in [0.1, 0.15) is 5.82 Å². The summed E-state index contributed by atoms with van der Waals surface area (Å²) in [6.45, 7) is 14.2. The van der Waals surface area contributed by atoms with Crippen molar-refractivity contribution < 1.29 is 4.79 Å². The van der Waals surface area contributed by atoms with Gasteiger partial charge in [-0.2, -0.15) is 5.10 Å². The first kappa shape index (κ1) is 20.6. The van der Waals surface area contributed by atoms with E-state index in [0.717, 1.165) is 31.6 Å². The van der Waals surface area contributed by atoms with Crippen LogP contribution < -0.4 is 10.2 Å². The van der Waals surface area contributed by atoms with E-state index in [9.17, 15) is 4.79 Å². The normalized spacial score (nSPS) is 15.2. The molecule has 1 N–H and O–H groups in total. The molecule has 3 heterocycles. The van der Waals surface area contributed by atoms with Crippen LogP contribution in [0.25, 0.3) is 0 Å². The number of carbonyl (C=O) groups excluding carboxylic acids is 1. The van der Waals surface area contributed by atoms with Crippen molar-refractivity contribution in [3.05, 3.63) is 28.7 Å². The standard InChI is InChI=1S/C20H29ClN6O/c1-19(2,3)14-11-15(27(25-14)20(4,5)6)23-17(28)16-13(21)12-22-18(24-16)26-9-7-8-10-26/h11-12H,7-10H2,1-6H3,(H,23,28). The monoisotopic (exact) mass is 404 g/mol. The molecule has 0 aromatic carbocycles. The lowest BCUT2D eigenvalue weighted by atomic mass is 9.92. The van der Waals surface area contributed by atoms with Crippen LogP contribution in [-0.4, -0.2) is 38.7 Å². The fourth-order valence-electron chi connectivity index (χ4n) is 3.11. The van der Waals surface area contributed by atoms with Crippen LogP contribution in [0.4, 0.5) is 11.8 Å². The maximum atomic E-state index is 13.0. The summed E-state index contributed by atoms with van der Waals surface area (Å²) >= 11 is 6.24. The Morgan fingerprint density at radius 2 is 1.79 bits per heavy atom. The average Bonchev–Trinajstić information content (AvgIpc) is 3.23. The van der Waals surface area contributed by atoms with Gasteiger partial charge in [-0.3, -0.25) is 4.79 Å². The second-order valence-corrected chi connectivity index (χ2v) is 9.67. The summed E-state index contributed by atoms with van der Waals surface area (Å²) in [5, 5.41) is 7.92. The Morgan fingerprint density at radius 1 is 1.14 bits per heavy atom. The van der Waals surface area contributed by atoms with Gasteiger partial charge in [-0.1, -0.05) is 32.4 Å². The van der Waals surface area contributed by atoms with Gasteiger partial charge in [-0.05, 0) is 33.6 Å². The number of amides is 1. The molecular formula is C20H29ClN6O. The molecule has 0 unspecified atom stereocenters. The summed E-state index contributed by atoms with van der Waals surface area (Å²) in [7, 11) is 0. The minimum atomic E-state index is -0.362. The number of hydrogen-bond donors (Lipinski definition) is 1. The van der Waals surface area contributed by atoms with Gasteiger partial charge in [0.05, 0.1) is 22.5 Å². The maximum Gasteiger partial charge on any atom is 0.277 e. The van der Waals surface area contributed by atoms with Crippen LogP contribution >= 0.6 is 11.6 Å². The Morgan fingerprint density at radius 3 is 2.36 bits per heavy atom. The molecule has 28 heavy (non-hydrogen) atoms. The molecule has 0 radical (unpaired) electrons. The minimum Gasteiger partial charge on any atom is -0.341 e. The molecule has 1 saturated heterocycles. The van der Waals surface area contributed by atoms with Gasteiger partial charge in [-0.15, -0.1) is 0 Å². The zero-order valence-electron chi connectivity index (χ0n) is 17.5. The van der Waals surface area contributed by atoms with Gasteiger partial charge in [0.15, 0.2) is 5.69 Å². The fourth-order valence-corrected chi connectivity index (χ4v) is 3.29. The summed E-state index contributed by atoms with van der Waals surface area (Å²) in [5.74, 6) is 0.810. The lowest BCUT2D eigenvalue weighted by Gasteiger charge is -2.23. The predicted octanol–water partition coefficient (Wildman–Crippen LogP) is 4.23. The molecule has 2 aromatic rings. The average molecular weight is 405 g/mol. The van der Waals surface area contributed by atoms with Crippen LogP contribution in [0.2, 0.25) is 5.02 Å². The zero-order valence-corrected chi connectivity index (χ0v) is 18.3. The SMILES string of the molecule is CC(C)(C)c1cc(NC(=O)c2nc(N3CCCC3)ncc2Cl)n(C(C)(C)C)n1. The third-order valence-electron chi connectivity index (χ3n) is 4.69. The van der Waals surface area contributed by atoms with E-state index in [1.807, 2.05) is 31.5 Å². The molecule has 1 fully saturated rings. The Kier molecular flexibility index (Phi) is 5.40. The summed E-state index contributed by atoms with van der Waals surface area (Å²) in [6.07, 6.45) is 3.71. The summed E-state index contributed by atoms with van der Waals surface area (Å²) in [6, 6.07) is 1.92. The van der Waals surface area contributed by atoms with Crippen molar-refractivity contribution in [3.63, 3.8) is 0 Å². The third kappa shape index (κ3) is 4.29. The predicted molar refractivity (Wildman–Crippen MR) is 112 cm³/mol. The van der Waals surface area contributed by atoms with Crippen LogP contribution in [0.5, 0.6) is 0 Å². The number of hydrogen-bond acceptors (Lipinski definition) is 5. The molecule has 0 spiro atoms. The summed E-state index contributed by atoms with van der Waals surface area (Å²) < 4.78 is 1.84. The smallest absolute Gasteiger partial charge is 0.277 e. The molecule has 0 saturated carbocycles. The lowest BCUT2D eigenvalue weighted by Crippen LogP contribution is -2.28. The van der Waals surface area contributed by atoms with Crippen LogP contribution in [0, 0.1) is 0 Å². The fraction of sp³-hybridized carbons (Fsp3) is 0.600. The van der Waals surface area contributed by atoms with E-state index in [1.54, 1.807) is 0 Å². The number of nitrogens with one attached hydrogen (secondary N) is 1. The van der Waals surface area contributed by atoms with Crippen LogP contribution in [0.1, 0.15) is 70.6 Å². The highest BCUT2D eigenvalue weighted by Gasteiger charge is 2.27. The van der Waals surface area contributed by atoms with Gasteiger partial charge in [0.25, 0.3) is 5.91 Å². The highest BCUT2D eigenvalue weighted by molar-refractivity contribution is 6.34. The summed E-state index contributed by atoms with van der Waals surface area (Å²) in [4.78, 5) is 23.8. The van der Waals surface area contributed by atoms with Crippen molar-refractivity contribution in [1.82, 2.24) is 19.7 Å². The molecule has 1 amide bonds. The highest BCUT2D eigenvalue weighted by Crippen LogP contribution is 2.29. The van der Waals surface area contributed by atoms with Gasteiger partial charge in [0.2, 0.25) is 5.95 Å². The largest absolute Gasteiger partial charge is 0.341 e. The van der Waals surface area contributed by atoms with Crippen molar-refractivity contribution in [1.29, 1.82) is 0 Å². The molecule has 0 atom stereocenters. The Hall–Kier alpha value is -2.15. The van der Waals surface area contributed by atoms with E-state index < -0.39 is 0 Å². The Bertz CT molecular complexity index is 872. The molecule has 1 aliphatic heterocycles. The van der Waals surface area contributed by atoms with Crippen molar-refractivity contribution >= 4 is 29.3 Å². The van der Waals surface area contributed by atoms with Gasteiger partial charge < -0.3 is 10.2 Å². The Balaban J connectivity index is 1.93. The molecule has 1 aliphatic rings. The van der Waals surface area contributed by atoms with E-state index in [1.165, 1.54) is 6.20 Å². The van der Waals surface area contributed by atoms with Crippen molar-refractivity contribution in [3.8, 4) is 0 Å². The molecule has 0 bridgehead atoms. The van der Waals surface area contributed by atoms with Crippen LogP contribution in [0.3, 0.4) is 0 Å². The first-order chi connectivity index (χ1) is 13.0. The number of nitrogens with zero attached hydrogens (tertiary/aromatic N) is 5. The molecular weight excluding hydrogens is 376 g/mol. The first-order valence-corrected chi connectivity index (χ1v) is 10.0. The second kappa shape index (κ2) is 7.35. The molecule has 8 heteroatoms.